The van der Waals surface area contributed by atoms with Crippen molar-refractivity contribution >= 4 is 11.6 Å². The van der Waals surface area contributed by atoms with Crippen LogP contribution >= 0.6 is 0 Å². The molecule has 0 fully saturated rings. The van der Waals surface area contributed by atoms with E-state index in [-0.39, 0.29) is 17.8 Å². The number of hydrogen-bond acceptors (Lipinski definition) is 3. The molecule has 1 aromatic carbocycles. The number of aromatic amines is 1. The Hall–Kier alpha value is -2.47. The highest BCUT2D eigenvalue weighted by atomic mass is 19.1. The lowest BCUT2D eigenvalue weighted by Crippen LogP contribution is -2.11. The molecule has 0 unspecified atom stereocenters. The van der Waals surface area contributed by atoms with Crippen molar-refractivity contribution in [3.8, 4) is 11.3 Å². The number of amides is 1. The zero-order chi connectivity index (χ0) is 15.5. The molecule has 1 atom stereocenters. The van der Waals surface area contributed by atoms with Gasteiger partial charge in [0.25, 0.3) is 0 Å². The number of nitrogens with zero attached hydrogens (tertiary/aromatic N) is 1. The Bertz CT molecular complexity index is 723. The van der Waals surface area contributed by atoms with E-state index in [0.717, 1.165) is 0 Å². The van der Waals surface area contributed by atoms with Crippen molar-refractivity contribution in [1.29, 1.82) is 0 Å². The fourth-order valence-corrected chi connectivity index (χ4v) is 2.41. The first-order valence-electron chi connectivity index (χ1n) is 7.19. The number of halogens is 1. The van der Waals surface area contributed by atoms with E-state index in [2.05, 4.69) is 15.3 Å². The molecule has 0 spiro atoms. The van der Waals surface area contributed by atoms with Crippen molar-refractivity contribution in [2.24, 2.45) is 5.73 Å². The highest BCUT2D eigenvalue weighted by molar-refractivity contribution is 5.95. The third-order valence-corrected chi connectivity index (χ3v) is 3.59. The number of carbonyl (C=O) groups excluding carboxylic acids is 1. The Kier molecular flexibility index (Phi) is 4.02. The number of aromatic nitrogens is 2. The van der Waals surface area contributed by atoms with Gasteiger partial charge in [0.2, 0.25) is 5.91 Å². The zero-order valence-corrected chi connectivity index (χ0v) is 12.0. The number of imidazole rings is 1. The summed E-state index contributed by atoms with van der Waals surface area (Å²) in [5.74, 6) is 0.153. The van der Waals surface area contributed by atoms with Crippen molar-refractivity contribution in [2.75, 3.05) is 5.32 Å². The maximum atomic E-state index is 13.6. The van der Waals surface area contributed by atoms with E-state index in [4.69, 9.17) is 5.73 Å². The molecule has 6 heteroatoms. The summed E-state index contributed by atoms with van der Waals surface area (Å²) < 4.78 is 13.6. The normalized spacial score (nSPS) is 20.1. The number of anilines is 1. The molecule has 0 saturated carbocycles. The Morgan fingerprint density at radius 3 is 3.05 bits per heavy atom. The molecule has 2 bridgehead atoms. The summed E-state index contributed by atoms with van der Waals surface area (Å²) in [5, 5.41) is 2.82. The first-order valence-corrected chi connectivity index (χ1v) is 7.19. The molecule has 0 saturated heterocycles. The molecule has 2 heterocycles. The van der Waals surface area contributed by atoms with Crippen LogP contribution in [-0.2, 0) is 4.79 Å². The number of rotatable bonds is 0. The van der Waals surface area contributed by atoms with Gasteiger partial charge in [-0.3, -0.25) is 4.79 Å². The van der Waals surface area contributed by atoms with Crippen LogP contribution in [0.4, 0.5) is 10.1 Å². The molecule has 114 valence electrons. The number of nitrogens with two attached hydrogens (primary N) is 1. The number of carbonyl (C=O) groups is 1. The first-order chi connectivity index (χ1) is 10.6. The van der Waals surface area contributed by atoms with E-state index in [1.165, 1.54) is 12.1 Å². The molecule has 0 aliphatic carbocycles. The molecule has 2 aromatic rings. The van der Waals surface area contributed by atoms with E-state index < -0.39 is 0 Å². The predicted octanol–water partition coefficient (Wildman–Crippen LogP) is 2.89. The first kappa shape index (κ1) is 14.5. The molecular formula is C16H17FN4O. The number of allylic oxidation sites excluding steroid dienone is 1. The van der Waals surface area contributed by atoms with E-state index in [0.29, 0.717) is 42.0 Å². The third kappa shape index (κ3) is 3.07. The van der Waals surface area contributed by atoms with Crippen molar-refractivity contribution in [2.45, 2.75) is 25.3 Å². The molecule has 4 N–H and O–H groups in total. The average Bonchev–Trinajstić information content (AvgIpc) is 2.97. The molecule has 0 radical (unpaired) electrons. The number of H-pyrrole nitrogens is 1. The van der Waals surface area contributed by atoms with Crippen molar-refractivity contribution in [3.63, 3.8) is 0 Å². The molecule has 5 nitrogen and oxygen atoms in total. The van der Waals surface area contributed by atoms with Crippen LogP contribution in [0, 0.1) is 5.82 Å². The van der Waals surface area contributed by atoms with Gasteiger partial charge in [-0.25, -0.2) is 9.37 Å². The second kappa shape index (κ2) is 6.11. The molecule has 1 amide bonds. The topological polar surface area (TPSA) is 83.8 Å². The van der Waals surface area contributed by atoms with Gasteiger partial charge in [-0.2, -0.15) is 0 Å². The maximum absolute atomic E-state index is 13.6. The summed E-state index contributed by atoms with van der Waals surface area (Å²) in [6, 6.07) is 3.99. The zero-order valence-electron chi connectivity index (χ0n) is 12.0. The van der Waals surface area contributed by atoms with Crippen LogP contribution in [0.15, 0.2) is 36.5 Å². The predicted molar refractivity (Wildman–Crippen MR) is 82.5 cm³/mol. The summed E-state index contributed by atoms with van der Waals surface area (Å²) in [5.41, 5.74) is 7.82. The van der Waals surface area contributed by atoms with Gasteiger partial charge >= 0.3 is 0 Å². The van der Waals surface area contributed by atoms with Crippen LogP contribution in [0.3, 0.4) is 0 Å². The van der Waals surface area contributed by atoms with Crippen LogP contribution in [0.1, 0.15) is 31.1 Å². The van der Waals surface area contributed by atoms with Gasteiger partial charge in [-0.1, -0.05) is 12.2 Å². The highest BCUT2D eigenvalue weighted by Crippen LogP contribution is 2.29. The van der Waals surface area contributed by atoms with Gasteiger partial charge in [0.15, 0.2) is 0 Å². The number of hydrogen-bond donors (Lipinski definition) is 3. The summed E-state index contributed by atoms with van der Waals surface area (Å²) >= 11 is 0. The molecule has 3 rings (SSSR count). The minimum absolute atomic E-state index is 0.110. The van der Waals surface area contributed by atoms with Gasteiger partial charge < -0.3 is 16.0 Å². The summed E-state index contributed by atoms with van der Waals surface area (Å²) in [6.45, 7) is 0. The lowest BCUT2D eigenvalue weighted by Gasteiger charge is -2.10. The second-order valence-electron chi connectivity index (χ2n) is 5.27. The standard InChI is InChI=1S/C16H17FN4O/c17-10-6-7-13-11(8-10)14-9-19-16(21-14)12(18)4-2-1-3-5-15(22)20-13/h1-2,6-9,12H,3-5,18H2,(H,19,21)(H,20,22)/b2-1-/t12-/m0/s1. The monoisotopic (exact) mass is 300 g/mol. The van der Waals surface area contributed by atoms with Crippen LogP contribution in [0.5, 0.6) is 0 Å². The number of nitrogens with one attached hydrogen (secondary N) is 2. The lowest BCUT2D eigenvalue weighted by molar-refractivity contribution is -0.116. The largest absolute Gasteiger partial charge is 0.341 e. The summed E-state index contributed by atoms with van der Waals surface area (Å²) in [7, 11) is 0. The molecule has 1 aliphatic heterocycles. The average molecular weight is 300 g/mol. The third-order valence-electron chi connectivity index (χ3n) is 3.59. The second-order valence-corrected chi connectivity index (χ2v) is 5.27. The van der Waals surface area contributed by atoms with Crippen molar-refractivity contribution in [1.82, 2.24) is 9.97 Å². The smallest absolute Gasteiger partial charge is 0.224 e. The molecule has 22 heavy (non-hydrogen) atoms. The Balaban J connectivity index is 2.06. The molecular weight excluding hydrogens is 283 g/mol. The minimum atomic E-state index is -0.376. The van der Waals surface area contributed by atoms with Gasteiger partial charge in [0, 0.05) is 12.0 Å². The van der Waals surface area contributed by atoms with Crippen molar-refractivity contribution < 1.29 is 9.18 Å². The van der Waals surface area contributed by atoms with E-state index >= 15 is 0 Å². The fourth-order valence-electron chi connectivity index (χ4n) is 2.41. The quantitative estimate of drug-likeness (QED) is 0.654. The minimum Gasteiger partial charge on any atom is -0.341 e. The van der Waals surface area contributed by atoms with E-state index in [1.54, 1.807) is 12.3 Å². The van der Waals surface area contributed by atoms with Gasteiger partial charge in [-0.05, 0) is 31.0 Å². The SMILES string of the molecule is N[C@H]1C/C=C\CCC(=O)Nc2ccc(F)cc2-c2cnc1[nH]2. The van der Waals surface area contributed by atoms with Crippen LogP contribution < -0.4 is 11.1 Å². The lowest BCUT2D eigenvalue weighted by atomic mass is 10.1. The van der Waals surface area contributed by atoms with Gasteiger partial charge in [0.05, 0.1) is 23.6 Å². The number of fused-ring (bicyclic) bond motifs is 4. The molecule has 1 aliphatic rings. The maximum Gasteiger partial charge on any atom is 0.224 e. The van der Waals surface area contributed by atoms with Gasteiger partial charge in [0.1, 0.15) is 11.6 Å². The van der Waals surface area contributed by atoms with Gasteiger partial charge in [-0.15, -0.1) is 0 Å². The van der Waals surface area contributed by atoms with E-state index in [9.17, 15) is 9.18 Å². The highest BCUT2D eigenvalue weighted by Gasteiger charge is 2.15. The molecule has 1 aromatic heterocycles. The number of benzene rings is 1. The van der Waals surface area contributed by atoms with Crippen molar-refractivity contribution in [3.05, 3.63) is 48.2 Å². The summed E-state index contributed by atoms with van der Waals surface area (Å²) in [6.07, 6.45) is 7.13. The summed E-state index contributed by atoms with van der Waals surface area (Å²) in [4.78, 5) is 19.3. The van der Waals surface area contributed by atoms with Crippen LogP contribution in [0.2, 0.25) is 0 Å². The fraction of sp³-hybridized carbons (Fsp3) is 0.250. The Morgan fingerprint density at radius 2 is 2.18 bits per heavy atom. The van der Waals surface area contributed by atoms with Crippen LogP contribution in [0.25, 0.3) is 11.3 Å². The Morgan fingerprint density at radius 1 is 1.32 bits per heavy atom. The van der Waals surface area contributed by atoms with E-state index in [1.807, 2.05) is 12.2 Å². The Labute approximate surface area is 127 Å². The van der Waals surface area contributed by atoms with Crippen LogP contribution in [-0.4, -0.2) is 15.9 Å².